The Kier molecular flexibility index (Phi) is 11.1. The van der Waals surface area contributed by atoms with Crippen molar-refractivity contribution < 1.29 is 28.5 Å². The number of hydrogen-bond acceptors (Lipinski definition) is 6. The molecule has 1 atom stereocenters. The van der Waals surface area contributed by atoms with Crippen molar-refractivity contribution in [2.75, 3.05) is 47.3 Å². The average Bonchev–Trinajstić information content (AvgIpc) is 2.39. The lowest BCUT2D eigenvalue weighted by atomic mass is 10.3. The maximum atomic E-state index is 11.3. The molecule has 1 unspecified atom stereocenters. The van der Waals surface area contributed by atoms with Crippen LogP contribution in [0, 0.1) is 0 Å². The van der Waals surface area contributed by atoms with Gasteiger partial charge in [-0.25, -0.2) is 4.79 Å². The zero-order valence-corrected chi connectivity index (χ0v) is 11.8. The predicted molar refractivity (Wildman–Crippen MR) is 67.8 cm³/mol. The summed E-state index contributed by atoms with van der Waals surface area (Å²) in [6, 6.07) is -0.767. The lowest BCUT2D eigenvalue weighted by molar-refractivity contribution is -0.146. The molecule has 0 aliphatic heterocycles. The summed E-state index contributed by atoms with van der Waals surface area (Å²) in [5.41, 5.74) is 0. The molecule has 0 saturated heterocycles. The van der Waals surface area contributed by atoms with Crippen LogP contribution in [-0.2, 0) is 28.5 Å². The standard InChI is InChI=1S/C12H23NO6/c1-10(14)13-11(12(15)17-3)9-19-6-4-5-18-8-7-16-2/h11H,4-9H2,1-3H3,(H,13,14). The maximum absolute atomic E-state index is 11.3. The van der Waals surface area contributed by atoms with Crippen LogP contribution < -0.4 is 5.32 Å². The molecule has 0 aliphatic rings. The van der Waals surface area contributed by atoms with Gasteiger partial charge in [-0.15, -0.1) is 0 Å². The Labute approximate surface area is 113 Å². The van der Waals surface area contributed by atoms with Gasteiger partial charge in [0.05, 0.1) is 26.9 Å². The van der Waals surface area contributed by atoms with Gasteiger partial charge in [-0.05, 0) is 6.42 Å². The van der Waals surface area contributed by atoms with E-state index >= 15 is 0 Å². The van der Waals surface area contributed by atoms with E-state index in [1.54, 1.807) is 7.11 Å². The topological polar surface area (TPSA) is 83.1 Å². The molecule has 19 heavy (non-hydrogen) atoms. The van der Waals surface area contributed by atoms with Crippen molar-refractivity contribution in [3.8, 4) is 0 Å². The van der Waals surface area contributed by atoms with E-state index in [9.17, 15) is 9.59 Å². The monoisotopic (exact) mass is 277 g/mol. The quantitative estimate of drug-likeness (QED) is 0.413. The first-order valence-corrected chi connectivity index (χ1v) is 6.11. The van der Waals surface area contributed by atoms with Crippen LogP contribution in [0.1, 0.15) is 13.3 Å². The van der Waals surface area contributed by atoms with Gasteiger partial charge in [-0.1, -0.05) is 0 Å². The summed E-state index contributed by atoms with van der Waals surface area (Å²) in [6.07, 6.45) is 0.706. The van der Waals surface area contributed by atoms with Gasteiger partial charge < -0.3 is 24.3 Å². The van der Waals surface area contributed by atoms with E-state index in [0.29, 0.717) is 32.8 Å². The first-order valence-electron chi connectivity index (χ1n) is 6.11. The number of carbonyl (C=O) groups excluding carboxylic acids is 2. The molecule has 0 spiro atoms. The summed E-state index contributed by atoms with van der Waals surface area (Å²) < 4.78 is 19.9. The highest BCUT2D eigenvalue weighted by Gasteiger charge is 2.19. The molecule has 0 aromatic carbocycles. The number of hydrogen-bond donors (Lipinski definition) is 1. The summed E-state index contributed by atoms with van der Waals surface area (Å²) in [4.78, 5) is 22.2. The van der Waals surface area contributed by atoms with E-state index in [-0.39, 0.29) is 12.5 Å². The van der Waals surface area contributed by atoms with Crippen molar-refractivity contribution in [2.45, 2.75) is 19.4 Å². The molecule has 1 amide bonds. The largest absolute Gasteiger partial charge is 0.467 e. The van der Waals surface area contributed by atoms with E-state index in [1.807, 2.05) is 0 Å². The number of nitrogens with one attached hydrogen (secondary N) is 1. The first kappa shape index (κ1) is 17.8. The fraction of sp³-hybridized carbons (Fsp3) is 0.833. The van der Waals surface area contributed by atoms with Crippen LogP contribution in [0.25, 0.3) is 0 Å². The van der Waals surface area contributed by atoms with E-state index in [0.717, 1.165) is 0 Å². The molecule has 0 aromatic heterocycles. The first-order chi connectivity index (χ1) is 9.11. The number of carbonyl (C=O) groups is 2. The summed E-state index contributed by atoms with van der Waals surface area (Å²) in [7, 11) is 2.88. The Morgan fingerprint density at radius 2 is 1.74 bits per heavy atom. The molecular weight excluding hydrogens is 254 g/mol. The van der Waals surface area contributed by atoms with Crippen molar-refractivity contribution in [1.29, 1.82) is 0 Å². The van der Waals surface area contributed by atoms with Crippen LogP contribution >= 0.6 is 0 Å². The summed E-state index contributed by atoms with van der Waals surface area (Å²) in [5, 5.41) is 2.46. The average molecular weight is 277 g/mol. The second-order valence-electron chi connectivity index (χ2n) is 3.81. The molecule has 7 nitrogen and oxygen atoms in total. The van der Waals surface area contributed by atoms with Gasteiger partial charge in [-0.2, -0.15) is 0 Å². The number of esters is 1. The van der Waals surface area contributed by atoms with Gasteiger partial charge in [0, 0.05) is 27.2 Å². The molecule has 0 fully saturated rings. The highest BCUT2D eigenvalue weighted by Crippen LogP contribution is 1.93. The number of ether oxygens (including phenoxy) is 4. The van der Waals surface area contributed by atoms with Crippen LogP contribution in [0.15, 0.2) is 0 Å². The van der Waals surface area contributed by atoms with Crippen LogP contribution in [-0.4, -0.2) is 65.2 Å². The van der Waals surface area contributed by atoms with Crippen LogP contribution in [0.2, 0.25) is 0 Å². The Balaban J connectivity index is 3.63. The molecule has 0 saturated carbocycles. The van der Waals surface area contributed by atoms with Crippen molar-refractivity contribution in [2.24, 2.45) is 0 Å². The smallest absolute Gasteiger partial charge is 0.330 e. The van der Waals surface area contributed by atoms with Crippen molar-refractivity contribution in [1.82, 2.24) is 5.32 Å². The number of rotatable bonds is 11. The highest BCUT2D eigenvalue weighted by molar-refractivity contribution is 5.83. The summed E-state index contributed by atoms with van der Waals surface area (Å²) in [5.74, 6) is -0.826. The predicted octanol–water partition coefficient (Wildman–Crippen LogP) is -0.266. The normalized spacial score (nSPS) is 11.9. The van der Waals surface area contributed by atoms with Gasteiger partial charge >= 0.3 is 5.97 Å². The highest BCUT2D eigenvalue weighted by atomic mass is 16.5. The van der Waals surface area contributed by atoms with Crippen LogP contribution in [0.3, 0.4) is 0 Å². The van der Waals surface area contributed by atoms with Crippen LogP contribution in [0.5, 0.6) is 0 Å². The Bertz CT molecular complexity index is 259. The summed E-state index contributed by atoms with van der Waals surface area (Å²) >= 11 is 0. The third-order valence-corrected chi connectivity index (χ3v) is 2.16. The van der Waals surface area contributed by atoms with E-state index < -0.39 is 12.0 Å². The van der Waals surface area contributed by atoms with Crippen molar-refractivity contribution in [3.05, 3.63) is 0 Å². The number of methoxy groups -OCH3 is 2. The van der Waals surface area contributed by atoms with Gasteiger partial charge in [0.1, 0.15) is 0 Å². The van der Waals surface area contributed by atoms with Gasteiger partial charge in [-0.3, -0.25) is 4.79 Å². The minimum atomic E-state index is -0.767. The third kappa shape index (κ3) is 10.4. The fourth-order valence-electron chi connectivity index (χ4n) is 1.26. The fourth-order valence-corrected chi connectivity index (χ4v) is 1.26. The SMILES string of the molecule is COCCOCCCOCC(NC(C)=O)C(=O)OC. The Morgan fingerprint density at radius 3 is 2.32 bits per heavy atom. The summed E-state index contributed by atoms with van der Waals surface area (Å²) in [6.45, 7) is 3.54. The van der Waals surface area contributed by atoms with Gasteiger partial charge in [0.15, 0.2) is 6.04 Å². The molecule has 0 heterocycles. The molecule has 0 aliphatic carbocycles. The van der Waals surface area contributed by atoms with Crippen molar-refractivity contribution >= 4 is 11.9 Å². The molecule has 7 heteroatoms. The van der Waals surface area contributed by atoms with E-state index in [2.05, 4.69) is 10.1 Å². The molecule has 0 bridgehead atoms. The molecular formula is C12H23NO6. The second-order valence-corrected chi connectivity index (χ2v) is 3.81. The lowest BCUT2D eigenvalue weighted by Crippen LogP contribution is -2.43. The minimum Gasteiger partial charge on any atom is -0.467 e. The third-order valence-electron chi connectivity index (χ3n) is 2.16. The molecule has 112 valence electrons. The van der Waals surface area contributed by atoms with E-state index in [1.165, 1.54) is 14.0 Å². The van der Waals surface area contributed by atoms with Gasteiger partial charge in [0.2, 0.25) is 5.91 Å². The zero-order chi connectivity index (χ0) is 14.5. The van der Waals surface area contributed by atoms with Gasteiger partial charge in [0.25, 0.3) is 0 Å². The van der Waals surface area contributed by atoms with E-state index in [4.69, 9.17) is 14.2 Å². The molecule has 1 N–H and O–H groups in total. The molecule has 0 aromatic rings. The maximum Gasteiger partial charge on any atom is 0.330 e. The van der Waals surface area contributed by atoms with Crippen molar-refractivity contribution in [3.63, 3.8) is 0 Å². The Morgan fingerprint density at radius 1 is 1.05 bits per heavy atom. The van der Waals surface area contributed by atoms with Crippen LogP contribution in [0.4, 0.5) is 0 Å². The molecule has 0 rings (SSSR count). The molecule has 0 radical (unpaired) electrons. The lowest BCUT2D eigenvalue weighted by Gasteiger charge is -2.15. The minimum absolute atomic E-state index is 0.0876. The second kappa shape index (κ2) is 11.9. The Hall–Kier alpha value is -1.18. The zero-order valence-electron chi connectivity index (χ0n) is 11.8. The number of amides is 1.